The maximum atomic E-state index is 12.0. The van der Waals surface area contributed by atoms with Gasteiger partial charge in [-0.25, -0.2) is 13.1 Å². The fourth-order valence-electron chi connectivity index (χ4n) is 2.87. The van der Waals surface area contributed by atoms with Gasteiger partial charge in [0.15, 0.2) is 0 Å². The molecule has 1 aliphatic rings. The zero-order valence-corrected chi connectivity index (χ0v) is 14.2. The summed E-state index contributed by atoms with van der Waals surface area (Å²) in [5.74, 6) is 0. The molecule has 0 aliphatic heterocycles. The highest BCUT2D eigenvalue weighted by molar-refractivity contribution is 7.89. The zero-order chi connectivity index (χ0) is 15.7. The van der Waals surface area contributed by atoms with Gasteiger partial charge in [0, 0.05) is 11.7 Å². The summed E-state index contributed by atoms with van der Waals surface area (Å²) in [5.41, 5.74) is 2.09. The minimum Gasteiger partial charge on any atom is -0.382 e. The normalized spacial score (nSPS) is 19.4. The highest BCUT2D eigenvalue weighted by atomic mass is 32.2. The number of rotatable bonds is 4. The molecule has 1 aromatic carbocycles. The summed E-state index contributed by atoms with van der Waals surface area (Å²) >= 11 is 0. The van der Waals surface area contributed by atoms with E-state index in [4.69, 9.17) is 0 Å². The predicted molar refractivity (Wildman–Crippen MR) is 87.1 cm³/mol. The molecule has 0 unspecified atom stereocenters. The molecule has 1 aromatic rings. The van der Waals surface area contributed by atoms with Gasteiger partial charge in [-0.2, -0.15) is 0 Å². The molecule has 0 aromatic heterocycles. The van der Waals surface area contributed by atoms with E-state index >= 15 is 0 Å². The first-order chi connectivity index (χ1) is 9.73. The summed E-state index contributed by atoms with van der Waals surface area (Å²) in [6.07, 6.45) is 4.68. The lowest BCUT2D eigenvalue weighted by Crippen LogP contribution is -2.30. The van der Waals surface area contributed by atoms with E-state index in [0.29, 0.717) is 16.4 Å². The Labute approximate surface area is 128 Å². The van der Waals surface area contributed by atoms with Crippen molar-refractivity contribution in [2.45, 2.75) is 57.4 Å². The SMILES string of the molecule is CNS(=O)(=O)c1cc(NC2CCC(C)(C)CC2)ccc1C. The quantitative estimate of drug-likeness (QED) is 0.897. The van der Waals surface area contributed by atoms with Gasteiger partial charge in [0.1, 0.15) is 0 Å². The average Bonchev–Trinajstić information content (AvgIpc) is 2.43. The summed E-state index contributed by atoms with van der Waals surface area (Å²) in [6.45, 7) is 6.44. The molecule has 0 heterocycles. The first kappa shape index (κ1) is 16.3. The van der Waals surface area contributed by atoms with Gasteiger partial charge in [-0.3, -0.25) is 0 Å². The summed E-state index contributed by atoms with van der Waals surface area (Å²) in [5, 5.41) is 3.49. The maximum Gasteiger partial charge on any atom is 0.240 e. The third-order valence-corrected chi connectivity index (χ3v) is 6.01. The van der Waals surface area contributed by atoms with E-state index in [1.54, 1.807) is 6.07 Å². The maximum absolute atomic E-state index is 12.0. The van der Waals surface area contributed by atoms with E-state index in [1.807, 2.05) is 19.1 Å². The van der Waals surface area contributed by atoms with Crippen molar-refractivity contribution in [1.82, 2.24) is 4.72 Å². The molecule has 1 fully saturated rings. The molecule has 118 valence electrons. The molecule has 0 atom stereocenters. The average molecular weight is 310 g/mol. The standard InChI is InChI=1S/C16H26N2O2S/c1-12-5-6-14(11-15(12)21(19,20)17-4)18-13-7-9-16(2,3)10-8-13/h5-6,11,13,17-18H,7-10H2,1-4H3. The topological polar surface area (TPSA) is 58.2 Å². The summed E-state index contributed by atoms with van der Waals surface area (Å²) < 4.78 is 26.4. The van der Waals surface area contributed by atoms with Gasteiger partial charge in [0.05, 0.1) is 4.90 Å². The van der Waals surface area contributed by atoms with Crippen molar-refractivity contribution in [1.29, 1.82) is 0 Å². The number of anilines is 1. The molecule has 0 radical (unpaired) electrons. The van der Waals surface area contributed by atoms with Crippen LogP contribution < -0.4 is 10.0 Å². The van der Waals surface area contributed by atoms with E-state index in [0.717, 1.165) is 24.1 Å². The molecule has 1 saturated carbocycles. The van der Waals surface area contributed by atoms with Crippen LogP contribution in [0.2, 0.25) is 0 Å². The second kappa shape index (κ2) is 5.97. The molecule has 0 amide bonds. The van der Waals surface area contributed by atoms with Crippen LogP contribution in [0.5, 0.6) is 0 Å². The van der Waals surface area contributed by atoms with Crippen LogP contribution in [0, 0.1) is 12.3 Å². The first-order valence-corrected chi connectivity index (χ1v) is 9.03. The third-order valence-electron chi connectivity index (χ3n) is 4.46. The van der Waals surface area contributed by atoms with Crippen LogP contribution in [0.25, 0.3) is 0 Å². The molecule has 2 N–H and O–H groups in total. The van der Waals surface area contributed by atoms with Crippen molar-refractivity contribution in [2.24, 2.45) is 5.41 Å². The molecule has 21 heavy (non-hydrogen) atoms. The smallest absolute Gasteiger partial charge is 0.240 e. The summed E-state index contributed by atoms with van der Waals surface area (Å²) in [4.78, 5) is 0.353. The van der Waals surface area contributed by atoms with Crippen LogP contribution in [0.3, 0.4) is 0 Å². The van der Waals surface area contributed by atoms with Gasteiger partial charge < -0.3 is 5.32 Å². The van der Waals surface area contributed by atoms with Crippen LogP contribution in [-0.4, -0.2) is 21.5 Å². The number of hydrogen-bond donors (Lipinski definition) is 2. The molecule has 0 bridgehead atoms. The van der Waals surface area contributed by atoms with Gasteiger partial charge in [-0.05, 0) is 62.8 Å². The van der Waals surface area contributed by atoms with Gasteiger partial charge in [-0.1, -0.05) is 19.9 Å². The Hall–Kier alpha value is -1.07. The van der Waals surface area contributed by atoms with Crippen LogP contribution in [0.15, 0.2) is 23.1 Å². The molecule has 2 rings (SSSR count). The largest absolute Gasteiger partial charge is 0.382 e. The Balaban J connectivity index is 2.14. The van der Waals surface area contributed by atoms with E-state index in [-0.39, 0.29) is 0 Å². The lowest BCUT2D eigenvalue weighted by molar-refractivity contribution is 0.232. The molecular formula is C16H26N2O2S. The van der Waals surface area contributed by atoms with Crippen molar-refractivity contribution < 1.29 is 8.42 Å². The van der Waals surface area contributed by atoms with E-state index < -0.39 is 10.0 Å². The van der Waals surface area contributed by atoms with Crippen LogP contribution in [0.1, 0.15) is 45.1 Å². The van der Waals surface area contributed by atoms with E-state index in [1.165, 1.54) is 19.9 Å². The predicted octanol–water partition coefficient (Wildman–Crippen LogP) is 3.28. The molecule has 4 nitrogen and oxygen atoms in total. The molecule has 5 heteroatoms. The third kappa shape index (κ3) is 3.98. The van der Waals surface area contributed by atoms with Gasteiger partial charge in [0.2, 0.25) is 10.0 Å². The summed E-state index contributed by atoms with van der Waals surface area (Å²) in [7, 11) is -1.96. The van der Waals surface area contributed by atoms with Crippen LogP contribution in [0.4, 0.5) is 5.69 Å². The van der Waals surface area contributed by atoms with Gasteiger partial charge >= 0.3 is 0 Å². The Bertz CT molecular complexity index is 599. The van der Waals surface area contributed by atoms with Crippen LogP contribution in [-0.2, 0) is 10.0 Å². The molecule has 0 spiro atoms. The molecule has 0 saturated heterocycles. The second-order valence-corrected chi connectivity index (χ2v) is 8.63. The van der Waals surface area contributed by atoms with Gasteiger partial charge in [-0.15, -0.1) is 0 Å². The monoisotopic (exact) mass is 310 g/mol. The first-order valence-electron chi connectivity index (χ1n) is 7.54. The highest BCUT2D eigenvalue weighted by Gasteiger charge is 2.26. The lowest BCUT2D eigenvalue weighted by atomic mass is 9.75. The zero-order valence-electron chi connectivity index (χ0n) is 13.4. The Morgan fingerprint density at radius 2 is 1.81 bits per heavy atom. The fourth-order valence-corrected chi connectivity index (χ4v) is 3.86. The summed E-state index contributed by atoms with van der Waals surface area (Å²) in [6, 6.07) is 6.00. The fraction of sp³-hybridized carbons (Fsp3) is 0.625. The van der Waals surface area contributed by atoms with Crippen molar-refractivity contribution in [3.63, 3.8) is 0 Å². The second-order valence-electron chi connectivity index (χ2n) is 6.77. The van der Waals surface area contributed by atoms with Gasteiger partial charge in [0.25, 0.3) is 0 Å². The number of benzene rings is 1. The minimum atomic E-state index is -3.40. The number of sulfonamides is 1. The number of hydrogen-bond acceptors (Lipinski definition) is 3. The van der Waals surface area contributed by atoms with Crippen molar-refractivity contribution >= 4 is 15.7 Å². The van der Waals surface area contributed by atoms with Crippen molar-refractivity contribution in [3.05, 3.63) is 23.8 Å². The number of nitrogens with one attached hydrogen (secondary N) is 2. The van der Waals surface area contributed by atoms with E-state index in [2.05, 4.69) is 23.9 Å². The highest BCUT2D eigenvalue weighted by Crippen LogP contribution is 2.36. The Morgan fingerprint density at radius 1 is 1.19 bits per heavy atom. The minimum absolute atomic E-state index is 0.353. The molecule has 1 aliphatic carbocycles. The van der Waals surface area contributed by atoms with Crippen molar-refractivity contribution in [3.8, 4) is 0 Å². The van der Waals surface area contributed by atoms with Crippen LogP contribution >= 0.6 is 0 Å². The Morgan fingerprint density at radius 3 is 2.38 bits per heavy atom. The lowest BCUT2D eigenvalue weighted by Gasteiger charge is -2.35. The van der Waals surface area contributed by atoms with E-state index in [9.17, 15) is 8.42 Å². The number of aryl methyl sites for hydroxylation is 1. The Kier molecular flexibility index (Phi) is 4.63. The van der Waals surface area contributed by atoms with Crippen molar-refractivity contribution in [2.75, 3.05) is 12.4 Å². The molecular weight excluding hydrogens is 284 g/mol.